The summed E-state index contributed by atoms with van der Waals surface area (Å²) < 4.78 is 44.6. The van der Waals surface area contributed by atoms with Crippen LogP contribution in [0.15, 0.2) is 48.6 Å². The van der Waals surface area contributed by atoms with E-state index in [0.29, 0.717) is 5.92 Å². The summed E-state index contributed by atoms with van der Waals surface area (Å²) in [6.07, 6.45) is 9.62. The Balaban J connectivity index is 1.69. The minimum absolute atomic E-state index is 0.0821. The highest BCUT2D eigenvalue weighted by Gasteiger charge is 2.48. The van der Waals surface area contributed by atoms with E-state index in [4.69, 9.17) is 4.74 Å². The summed E-state index contributed by atoms with van der Waals surface area (Å²) in [5.74, 6) is 0.579. The third-order valence-electron chi connectivity index (χ3n) is 6.35. The van der Waals surface area contributed by atoms with E-state index in [9.17, 15) is 13.2 Å². The Kier molecular flexibility index (Phi) is 7.03. The van der Waals surface area contributed by atoms with Crippen molar-refractivity contribution in [3.8, 4) is 0 Å². The van der Waals surface area contributed by atoms with Crippen LogP contribution in [0.2, 0.25) is 0 Å². The molecule has 0 amide bonds. The topological polar surface area (TPSA) is 9.23 Å². The maximum absolute atomic E-state index is 13.3. The Hall–Kier alpha value is -1.55. The first-order valence-corrected chi connectivity index (χ1v) is 10.6. The van der Waals surface area contributed by atoms with Crippen molar-refractivity contribution in [3.63, 3.8) is 0 Å². The molecular formula is C24H31F3O. The second-order valence-corrected chi connectivity index (χ2v) is 8.28. The number of benzene rings is 1. The van der Waals surface area contributed by atoms with Gasteiger partial charge in [0.05, 0.1) is 0 Å². The second kappa shape index (κ2) is 9.30. The molecule has 0 aliphatic heterocycles. The van der Waals surface area contributed by atoms with Crippen molar-refractivity contribution in [2.75, 3.05) is 0 Å². The smallest absolute Gasteiger partial charge is 0.280 e. The molecule has 1 unspecified atom stereocenters. The van der Waals surface area contributed by atoms with E-state index < -0.39 is 12.0 Å². The number of alkyl halides is 3. The van der Waals surface area contributed by atoms with Crippen LogP contribution < -0.4 is 0 Å². The van der Waals surface area contributed by atoms with Gasteiger partial charge in [0.1, 0.15) is 5.60 Å². The van der Waals surface area contributed by atoms with Crippen molar-refractivity contribution in [3.05, 3.63) is 54.1 Å². The van der Waals surface area contributed by atoms with Gasteiger partial charge in [0.2, 0.25) is 0 Å². The molecule has 1 aromatic rings. The summed E-state index contributed by atoms with van der Waals surface area (Å²) in [7, 11) is 0. The summed E-state index contributed by atoms with van der Waals surface area (Å²) in [6.45, 7) is 2.20. The molecule has 1 atom stereocenters. The molecule has 0 aromatic heterocycles. The minimum Gasteiger partial charge on any atom is -0.280 e. The Morgan fingerprint density at radius 1 is 1.04 bits per heavy atom. The van der Waals surface area contributed by atoms with Crippen LogP contribution in [0.25, 0.3) is 5.57 Å². The first-order chi connectivity index (χ1) is 13.4. The highest BCUT2D eigenvalue weighted by molar-refractivity contribution is 5.75. The fourth-order valence-electron chi connectivity index (χ4n) is 4.78. The lowest BCUT2D eigenvalue weighted by atomic mass is 9.69. The summed E-state index contributed by atoms with van der Waals surface area (Å²) in [6, 6.07) is 9.78. The van der Waals surface area contributed by atoms with Gasteiger partial charge in [-0.3, -0.25) is 4.74 Å². The van der Waals surface area contributed by atoms with Crippen LogP contribution in [0.5, 0.6) is 0 Å². The molecule has 28 heavy (non-hydrogen) atoms. The van der Waals surface area contributed by atoms with Gasteiger partial charge in [-0.15, -0.1) is 13.2 Å². The normalized spacial score (nSPS) is 28.2. The van der Waals surface area contributed by atoms with Crippen LogP contribution >= 0.6 is 0 Å². The molecule has 2 aliphatic rings. The van der Waals surface area contributed by atoms with Crippen LogP contribution in [0.3, 0.4) is 0 Å². The third kappa shape index (κ3) is 5.50. The van der Waals surface area contributed by atoms with Gasteiger partial charge < -0.3 is 0 Å². The lowest BCUT2D eigenvalue weighted by molar-refractivity contribution is -0.366. The molecule has 0 N–H and O–H groups in total. The minimum atomic E-state index is -4.62. The molecule has 4 heteroatoms. The Bertz CT molecular complexity index is 669. The van der Waals surface area contributed by atoms with Gasteiger partial charge in [0, 0.05) is 0 Å². The summed E-state index contributed by atoms with van der Waals surface area (Å²) >= 11 is 0. The largest absolute Gasteiger partial charge is 0.523 e. The predicted molar refractivity (Wildman–Crippen MR) is 108 cm³/mol. The molecule has 1 aromatic carbocycles. The standard InChI is InChI=1S/C24H31F3O/c1-2-3-5-8-19-11-13-22(14-12-19)23(28-24(25,26)27)17-15-21(16-18-23)20-9-6-4-7-10-20/h4,6-7,9-10,15-17,19,22H,2-3,5,8,11-14,18H2,1H3. The van der Waals surface area contributed by atoms with Crippen LogP contribution in [0.1, 0.15) is 70.3 Å². The summed E-state index contributed by atoms with van der Waals surface area (Å²) in [5.41, 5.74) is 0.736. The van der Waals surface area contributed by atoms with E-state index in [0.717, 1.165) is 36.8 Å². The highest BCUT2D eigenvalue weighted by atomic mass is 19.4. The van der Waals surface area contributed by atoms with E-state index in [1.165, 1.54) is 25.7 Å². The average molecular weight is 393 g/mol. The number of ether oxygens (including phenoxy) is 1. The SMILES string of the molecule is CCCCCC1CCC(C2(OC(F)(F)F)C=CC(c3ccccc3)=CC2)CC1. The van der Waals surface area contributed by atoms with Crippen molar-refractivity contribution in [1.82, 2.24) is 0 Å². The van der Waals surface area contributed by atoms with Crippen molar-refractivity contribution >= 4 is 5.57 Å². The molecule has 1 saturated carbocycles. The van der Waals surface area contributed by atoms with Crippen molar-refractivity contribution in [2.24, 2.45) is 11.8 Å². The van der Waals surface area contributed by atoms with E-state index in [-0.39, 0.29) is 12.3 Å². The van der Waals surface area contributed by atoms with Crippen LogP contribution in [-0.2, 0) is 4.74 Å². The van der Waals surface area contributed by atoms with Gasteiger partial charge in [-0.25, -0.2) is 0 Å². The quantitative estimate of drug-likeness (QED) is 0.432. The molecule has 0 bridgehead atoms. The molecule has 0 spiro atoms. The lowest BCUT2D eigenvalue weighted by Gasteiger charge is -2.43. The Morgan fingerprint density at radius 2 is 1.75 bits per heavy atom. The number of allylic oxidation sites excluding steroid dienone is 2. The Morgan fingerprint density at radius 3 is 2.32 bits per heavy atom. The zero-order valence-corrected chi connectivity index (χ0v) is 16.7. The first-order valence-electron chi connectivity index (χ1n) is 10.6. The second-order valence-electron chi connectivity index (χ2n) is 8.28. The van der Waals surface area contributed by atoms with Crippen LogP contribution in [-0.4, -0.2) is 12.0 Å². The average Bonchev–Trinajstić information content (AvgIpc) is 2.69. The van der Waals surface area contributed by atoms with E-state index in [2.05, 4.69) is 6.92 Å². The van der Waals surface area contributed by atoms with Crippen LogP contribution in [0, 0.1) is 11.8 Å². The van der Waals surface area contributed by atoms with Gasteiger partial charge >= 0.3 is 6.36 Å². The van der Waals surface area contributed by atoms with Crippen molar-refractivity contribution in [1.29, 1.82) is 0 Å². The Labute approximate surface area is 166 Å². The fourth-order valence-corrected chi connectivity index (χ4v) is 4.78. The molecule has 154 valence electrons. The molecular weight excluding hydrogens is 361 g/mol. The molecule has 1 fully saturated rings. The zero-order valence-electron chi connectivity index (χ0n) is 16.7. The molecule has 0 heterocycles. The van der Waals surface area contributed by atoms with Gasteiger partial charge in [0.25, 0.3) is 0 Å². The van der Waals surface area contributed by atoms with Gasteiger partial charge in [0.15, 0.2) is 0 Å². The zero-order chi connectivity index (χ0) is 20.0. The molecule has 2 aliphatic carbocycles. The van der Waals surface area contributed by atoms with Crippen LogP contribution in [0.4, 0.5) is 13.2 Å². The first kappa shape index (κ1) is 21.2. The van der Waals surface area contributed by atoms with E-state index in [1.807, 2.05) is 42.5 Å². The maximum Gasteiger partial charge on any atom is 0.523 e. The number of hydrogen-bond donors (Lipinski definition) is 0. The molecule has 0 radical (unpaired) electrons. The number of hydrogen-bond acceptors (Lipinski definition) is 1. The maximum atomic E-state index is 13.3. The fraction of sp³-hybridized carbons (Fsp3) is 0.583. The molecule has 0 saturated heterocycles. The third-order valence-corrected chi connectivity index (χ3v) is 6.35. The highest BCUT2D eigenvalue weighted by Crippen LogP contribution is 2.46. The number of rotatable bonds is 7. The molecule has 1 nitrogen and oxygen atoms in total. The van der Waals surface area contributed by atoms with Gasteiger partial charge in [-0.2, -0.15) is 0 Å². The van der Waals surface area contributed by atoms with Gasteiger partial charge in [-0.05, 0) is 42.2 Å². The lowest BCUT2D eigenvalue weighted by Crippen LogP contribution is -2.45. The number of unbranched alkanes of at least 4 members (excludes halogenated alkanes) is 2. The monoisotopic (exact) mass is 392 g/mol. The van der Waals surface area contributed by atoms with Gasteiger partial charge in [-0.1, -0.05) is 94.0 Å². The predicted octanol–water partition coefficient (Wildman–Crippen LogP) is 7.69. The van der Waals surface area contributed by atoms with E-state index in [1.54, 1.807) is 6.08 Å². The number of halogens is 3. The van der Waals surface area contributed by atoms with Crippen molar-refractivity contribution in [2.45, 2.75) is 76.7 Å². The van der Waals surface area contributed by atoms with Crippen molar-refractivity contribution < 1.29 is 17.9 Å². The molecule has 3 rings (SSSR count). The summed E-state index contributed by atoms with van der Waals surface area (Å²) in [4.78, 5) is 0. The summed E-state index contributed by atoms with van der Waals surface area (Å²) in [5, 5.41) is 0. The van der Waals surface area contributed by atoms with E-state index >= 15 is 0 Å².